The maximum Gasteiger partial charge on any atom is 0.261 e. The predicted octanol–water partition coefficient (Wildman–Crippen LogP) is 6.01. The summed E-state index contributed by atoms with van der Waals surface area (Å²) in [6, 6.07) is 34.1. The number of hydrogen-bond acceptors (Lipinski definition) is 4. The number of anilines is 2. The third-order valence-corrected chi connectivity index (χ3v) is 5.96. The molecule has 4 aromatic rings. The average molecular weight is 524 g/mol. The van der Waals surface area contributed by atoms with Crippen LogP contribution in [0.1, 0.15) is 27.9 Å². The van der Waals surface area contributed by atoms with Crippen LogP contribution in [0.5, 0.6) is 5.75 Å². The molecular weight excluding hydrogens is 494 g/mol. The highest BCUT2D eigenvalue weighted by atomic mass is 32.1. The van der Waals surface area contributed by atoms with Gasteiger partial charge in [0.05, 0.1) is 12.2 Å². The van der Waals surface area contributed by atoms with E-state index >= 15 is 0 Å². The molecule has 0 heterocycles. The zero-order chi connectivity index (χ0) is 26.6. The molecule has 38 heavy (non-hydrogen) atoms. The number of carbonyl (C=O) groups excluding carboxylic acids is 2. The minimum Gasteiger partial charge on any atom is -0.492 e. The molecule has 7 heteroatoms. The van der Waals surface area contributed by atoms with Crippen LogP contribution < -0.4 is 20.7 Å². The lowest BCUT2D eigenvalue weighted by atomic mass is 10.1. The quantitative estimate of drug-likeness (QED) is 0.222. The number of carbonyl (C=O) groups is 2. The van der Waals surface area contributed by atoms with Crippen molar-refractivity contribution in [2.24, 2.45) is 0 Å². The third-order valence-electron chi connectivity index (χ3n) is 5.76. The second kappa shape index (κ2) is 13.7. The highest BCUT2D eigenvalue weighted by Gasteiger charge is 2.14. The van der Waals surface area contributed by atoms with Crippen LogP contribution in [0.2, 0.25) is 0 Å². The Balaban J connectivity index is 1.24. The SMILES string of the molecule is O=C(CCc1ccccc1)Nc1ccc(NC(=S)NC(=O)c2ccccc2OCCc2ccccc2)cc1. The van der Waals surface area contributed by atoms with Crippen LogP contribution >= 0.6 is 12.2 Å². The summed E-state index contributed by atoms with van der Waals surface area (Å²) in [6.07, 6.45) is 1.82. The molecule has 0 spiro atoms. The van der Waals surface area contributed by atoms with Gasteiger partial charge in [0.15, 0.2) is 5.11 Å². The minimum absolute atomic E-state index is 0.0537. The van der Waals surface area contributed by atoms with Crippen molar-refractivity contribution in [3.05, 3.63) is 126 Å². The fourth-order valence-electron chi connectivity index (χ4n) is 3.80. The van der Waals surface area contributed by atoms with Gasteiger partial charge >= 0.3 is 0 Å². The number of para-hydroxylation sites is 1. The first-order valence-corrected chi connectivity index (χ1v) is 12.8. The van der Waals surface area contributed by atoms with Gasteiger partial charge in [-0.05, 0) is 66.2 Å². The molecule has 0 aromatic heterocycles. The number of thiocarbonyl (C=S) groups is 1. The van der Waals surface area contributed by atoms with E-state index in [-0.39, 0.29) is 16.9 Å². The van der Waals surface area contributed by atoms with Crippen molar-refractivity contribution in [3.63, 3.8) is 0 Å². The summed E-state index contributed by atoms with van der Waals surface area (Å²) in [5.74, 6) is 0.0817. The normalized spacial score (nSPS) is 10.3. The van der Waals surface area contributed by atoms with Gasteiger partial charge in [0.2, 0.25) is 5.91 Å². The van der Waals surface area contributed by atoms with E-state index in [0.717, 1.165) is 17.5 Å². The molecule has 0 atom stereocenters. The number of ether oxygens (including phenoxy) is 1. The van der Waals surface area contributed by atoms with Gasteiger partial charge in [0.1, 0.15) is 5.75 Å². The number of amides is 2. The lowest BCUT2D eigenvalue weighted by molar-refractivity contribution is -0.116. The Bertz CT molecular complexity index is 1360. The highest BCUT2D eigenvalue weighted by Crippen LogP contribution is 2.19. The topological polar surface area (TPSA) is 79.5 Å². The summed E-state index contributed by atoms with van der Waals surface area (Å²) < 4.78 is 5.89. The molecule has 0 aliphatic carbocycles. The maximum atomic E-state index is 12.9. The van der Waals surface area contributed by atoms with Crippen molar-refractivity contribution >= 4 is 40.5 Å². The fraction of sp³-hybridized carbons (Fsp3) is 0.129. The first kappa shape index (κ1) is 26.6. The van der Waals surface area contributed by atoms with Gasteiger partial charge in [0.25, 0.3) is 5.91 Å². The Morgan fingerprint density at radius 3 is 1.87 bits per heavy atom. The van der Waals surface area contributed by atoms with Crippen LogP contribution in [-0.4, -0.2) is 23.5 Å². The molecule has 0 saturated heterocycles. The van der Waals surface area contributed by atoms with E-state index in [0.29, 0.717) is 42.1 Å². The smallest absolute Gasteiger partial charge is 0.261 e. The van der Waals surface area contributed by atoms with Gasteiger partial charge in [-0.1, -0.05) is 72.8 Å². The molecule has 0 bridgehead atoms. The van der Waals surface area contributed by atoms with Crippen LogP contribution in [0.25, 0.3) is 0 Å². The van der Waals surface area contributed by atoms with Crippen molar-refractivity contribution in [3.8, 4) is 5.75 Å². The van der Waals surface area contributed by atoms with E-state index in [2.05, 4.69) is 16.0 Å². The third kappa shape index (κ3) is 8.28. The van der Waals surface area contributed by atoms with Gasteiger partial charge in [-0.3, -0.25) is 14.9 Å². The lowest BCUT2D eigenvalue weighted by Gasteiger charge is -2.13. The van der Waals surface area contributed by atoms with Crippen molar-refractivity contribution in [2.75, 3.05) is 17.2 Å². The van der Waals surface area contributed by atoms with Crippen LogP contribution in [0.15, 0.2) is 109 Å². The average Bonchev–Trinajstić information content (AvgIpc) is 2.94. The molecule has 0 aliphatic heterocycles. The fourth-order valence-corrected chi connectivity index (χ4v) is 4.01. The van der Waals surface area contributed by atoms with Gasteiger partial charge in [-0.15, -0.1) is 0 Å². The maximum absolute atomic E-state index is 12.9. The van der Waals surface area contributed by atoms with Crippen molar-refractivity contribution in [1.29, 1.82) is 0 Å². The zero-order valence-electron chi connectivity index (χ0n) is 20.9. The van der Waals surface area contributed by atoms with Crippen LogP contribution in [0.3, 0.4) is 0 Å². The summed E-state index contributed by atoms with van der Waals surface area (Å²) in [6.45, 7) is 0.451. The summed E-state index contributed by atoms with van der Waals surface area (Å²) in [5, 5.41) is 8.76. The molecule has 2 amide bonds. The number of rotatable bonds is 10. The molecule has 192 valence electrons. The zero-order valence-corrected chi connectivity index (χ0v) is 21.7. The molecule has 0 saturated carbocycles. The second-order valence-corrected chi connectivity index (χ2v) is 9.01. The highest BCUT2D eigenvalue weighted by molar-refractivity contribution is 7.80. The Morgan fingerprint density at radius 1 is 0.658 bits per heavy atom. The van der Waals surface area contributed by atoms with Crippen molar-refractivity contribution in [1.82, 2.24) is 5.32 Å². The van der Waals surface area contributed by atoms with E-state index in [9.17, 15) is 9.59 Å². The first-order chi connectivity index (χ1) is 18.6. The van der Waals surface area contributed by atoms with Gasteiger partial charge in [-0.25, -0.2) is 0 Å². The molecular formula is C31H29N3O3S. The van der Waals surface area contributed by atoms with Crippen molar-refractivity contribution in [2.45, 2.75) is 19.3 Å². The molecule has 3 N–H and O–H groups in total. The summed E-state index contributed by atoms with van der Waals surface area (Å²) >= 11 is 5.34. The largest absolute Gasteiger partial charge is 0.492 e. The second-order valence-electron chi connectivity index (χ2n) is 8.60. The summed E-state index contributed by atoms with van der Waals surface area (Å²) in [4.78, 5) is 25.1. The Hall–Kier alpha value is -4.49. The summed E-state index contributed by atoms with van der Waals surface area (Å²) in [7, 11) is 0. The standard InChI is InChI=1S/C31H29N3O3S/c35-29(20-15-23-9-3-1-4-10-23)32-25-16-18-26(19-17-25)33-31(38)34-30(36)27-13-7-8-14-28(27)37-22-21-24-11-5-2-6-12-24/h1-14,16-19H,15,20-22H2,(H,32,35)(H2,33,34,36,38). The monoisotopic (exact) mass is 523 g/mol. The molecule has 0 radical (unpaired) electrons. The molecule has 0 aliphatic rings. The number of benzene rings is 4. The Morgan fingerprint density at radius 2 is 1.21 bits per heavy atom. The Labute approximate surface area is 228 Å². The molecule has 0 fully saturated rings. The van der Waals surface area contributed by atoms with Gasteiger partial charge in [-0.2, -0.15) is 0 Å². The molecule has 6 nitrogen and oxygen atoms in total. The molecule has 0 unspecified atom stereocenters. The van der Waals surface area contributed by atoms with E-state index in [1.165, 1.54) is 0 Å². The van der Waals surface area contributed by atoms with Crippen molar-refractivity contribution < 1.29 is 14.3 Å². The number of nitrogens with one attached hydrogen (secondary N) is 3. The Kier molecular flexibility index (Phi) is 9.59. The first-order valence-electron chi connectivity index (χ1n) is 12.4. The summed E-state index contributed by atoms with van der Waals surface area (Å²) in [5.41, 5.74) is 4.06. The van der Waals surface area contributed by atoms with E-state index in [4.69, 9.17) is 17.0 Å². The van der Waals surface area contributed by atoms with Crippen LogP contribution in [0, 0.1) is 0 Å². The van der Waals surface area contributed by atoms with E-state index < -0.39 is 0 Å². The number of hydrogen-bond donors (Lipinski definition) is 3. The molecule has 4 rings (SSSR count). The van der Waals surface area contributed by atoms with Gasteiger partial charge < -0.3 is 15.4 Å². The minimum atomic E-state index is -0.361. The van der Waals surface area contributed by atoms with Crippen LogP contribution in [-0.2, 0) is 17.6 Å². The van der Waals surface area contributed by atoms with Gasteiger partial charge in [0, 0.05) is 24.2 Å². The number of aryl methyl sites for hydroxylation is 1. The van der Waals surface area contributed by atoms with E-state index in [1.807, 2.05) is 66.7 Å². The lowest BCUT2D eigenvalue weighted by Crippen LogP contribution is -2.34. The molecule has 4 aromatic carbocycles. The predicted molar refractivity (Wildman–Crippen MR) is 156 cm³/mol. The van der Waals surface area contributed by atoms with E-state index in [1.54, 1.807) is 42.5 Å². The van der Waals surface area contributed by atoms with Crippen LogP contribution in [0.4, 0.5) is 11.4 Å².